The first-order valence-corrected chi connectivity index (χ1v) is 7.05. The van der Waals surface area contributed by atoms with Gasteiger partial charge in [0, 0.05) is 25.2 Å². The summed E-state index contributed by atoms with van der Waals surface area (Å²) in [7, 11) is 1.75. The van der Waals surface area contributed by atoms with Crippen LogP contribution in [-0.4, -0.2) is 29.1 Å². The fourth-order valence-corrected chi connectivity index (χ4v) is 1.61. The van der Waals surface area contributed by atoms with Gasteiger partial charge in [0.15, 0.2) is 5.69 Å². The van der Waals surface area contributed by atoms with Gasteiger partial charge in [0.1, 0.15) is 5.82 Å². The topological polar surface area (TPSA) is 41.1 Å². The van der Waals surface area contributed by atoms with Crippen LogP contribution < -0.4 is 10.2 Å². The van der Waals surface area contributed by atoms with Crippen molar-refractivity contribution in [3.05, 3.63) is 11.8 Å². The molecule has 0 saturated heterocycles. The molecule has 0 amide bonds. The summed E-state index contributed by atoms with van der Waals surface area (Å²) in [5.41, 5.74) is -1.22. The number of nitrogens with zero attached hydrogens (tertiary/aromatic N) is 3. The molecule has 1 heterocycles. The second kappa shape index (κ2) is 6.49. The van der Waals surface area contributed by atoms with Gasteiger partial charge in [0.05, 0.1) is 0 Å². The summed E-state index contributed by atoms with van der Waals surface area (Å²) in [6, 6.07) is 0.995. The third-order valence-corrected chi connectivity index (χ3v) is 3.65. The molecule has 120 valence electrons. The van der Waals surface area contributed by atoms with Crippen LogP contribution >= 0.6 is 0 Å². The summed E-state index contributed by atoms with van der Waals surface area (Å²) in [4.78, 5) is 9.51. The molecule has 0 radical (unpaired) electrons. The van der Waals surface area contributed by atoms with E-state index in [0.29, 0.717) is 6.54 Å². The van der Waals surface area contributed by atoms with Crippen LogP contribution in [0.2, 0.25) is 0 Å². The highest BCUT2D eigenvalue weighted by molar-refractivity contribution is 5.47. The minimum absolute atomic E-state index is 0.0143. The standard InChI is InChI=1S/C14H23F3N4/c1-6-8-18-12-19-10(14(15,16)17)9-11(20-12)21(5)13(3,4)7-2/h9H,6-8H2,1-5H3,(H,18,19,20). The zero-order valence-electron chi connectivity index (χ0n) is 13.2. The highest BCUT2D eigenvalue weighted by Gasteiger charge is 2.35. The minimum atomic E-state index is -4.49. The highest BCUT2D eigenvalue weighted by atomic mass is 19.4. The van der Waals surface area contributed by atoms with Gasteiger partial charge in [-0.05, 0) is 26.7 Å². The molecule has 0 aromatic carbocycles. The molecule has 21 heavy (non-hydrogen) atoms. The maximum Gasteiger partial charge on any atom is 0.433 e. The number of halogens is 3. The van der Waals surface area contributed by atoms with Crippen LogP contribution in [0, 0.1) is 0 Å². The lowest BCUT2D eigenvalue weighted by molar-refractivity contribution is -0.141. The minimum Gasteiger partial charge on any atom is -0.354 e. The molecule has 1 aromatic rings. The average Bonchev–Trinajstić information content (AvgIpc) is 2.42. The second-order valence-corrected chi connectivity index (χ2v) is 5.58. The molecule has 1 aromatic heterocycles. The number of hydrogen-bond donors (Lipinski definition) is 1. The van der Waals surface area contributed by atoms with Crippen LogP contribution in [0.4, 0.5) is 24.9 Å². The molecule has 0 atom stereocenters. The van der Waals surface area contributed by atoms with E-state index >= 15 is 0 Å². The van der Waals surface area contributed by atoms with Crippen molar-refractivity contribution in [2.45, 2.75) is 52.3 Å². The Hall–Kier alpha value is -1.53. The smallest absolute Gasteiger partial charge is 0.354 e. The molecule has 7 heteroatoms. The van der Waals surface area contributed by atoms with Crippen LogP contribution in [0.1, 0.15) is 46.2 Å². The third-order valence-electron chi connectivity index (χ3n) is 3.65. The second-order valence-electron chi connectivity index (χ2n) is 5.58. The summed E-state index contributed by atoms with van der Waals surface area (Å²) in [5.74, 6) is 0.281. The fourth-order valence-electron chi connectivity index (χ4n) is 1.61. The Bertz CT molecular complexity index is 472. The number of anilines is 2. The van der Waals surface area contributed by atoms with Crippen molar-refractivity contribution in [2.75, 3.05) is 23.8 Å². The first kappa shape index (κ1) is 17.5. The van der Waals surface area contributed by atoms with Crippen molar-refractivity contribution < 1.29 is 13.2 Å². The molecule has 0 unspecified atom stereocenters. The molecular formula is C14H23F3N4. The highest BCUT2D eigenvalue weighted by Crippen LogP contribution is 2.32. The van der Waals surface area contributed by atoms with Crippen molar-refractivity contribution >= 4 is 11.8 Å². The van der Waals surface area contributed by atoms with Gasteiger partial charge in [-0.1, -0.05) is 13.8 Å². The van der Waals surface area contributed by atoms with Gasteiger partial charge in [-0.25, -0.2) is 4.98 Å². The molecule has 0 aliphatic heterocycles. The van der Waals surface area contributed by atoms with Crippen LogP contribution in [0.25, 0.3) is 0 Å². The van der Waals surface area contributed by atoms with Crippen LogP contribution in [0.15, 0.2) is 6.07 Å². The predicted octanol–water partition coefficient (Wildman–Crippen LogP) is 3.94. The maximum atomic E-state index is 13.0. The van der Waals surface area contributed by atoms with Crippen molar-refractivity contribution in [2.24, 2.45) is 0 Å². The van der Waals surface area contributed by atoms with Crippen molar-refractivity contribution in [3.63, 3.8) is 0 Å². The molecule has 0 bridgehead atoms. The molecule has 1 rings (SSSR count). The average molecular weight is 304 g/mol. The van der Waals surface area contributed by atoms with Gasteiger partial charge in [0.2, 0.25) is 5.95 Å². The van der Waals surface area contributed by atoms with Crippen molar-refractivity contribution in [3.8, 4) is 0 Å². The fraction of sp³-hybridized carbons (Fsp3) is 0.714. The van der Waals surface area contributed by atoms with Gasteiger partial charge in [-0.2, -0.15) is 18.2 Å². The van der Waals surface area contributed by atoms with Gasteiger partial charge in [-0.3, -0.25) is 0 Å². The molecule has 4 nitrogen and oxygen atoms in total. The number of aromatic nitrogens is 2. The Labute approximate surface area is 123 Å². The molecule has 0 fully saturated rings. The number of nitrogens with one attached hydrogen (secondary N) is 1. The summed E-state index contributed by atoms with van der Waals surface area (Å²) in [5, 5.41) is 2.82. The molecular weight excluding hydrogens is 281 g/mol. The first-order chi connectivity index (χ1) is 9.61. The van der Waals surface area contributed by atoms with Gasteiger partial charge >= 0.3 is 6.18 Å². The number of hydrogen-bond acceptors (Lipinski definition) is 4. The Balaban J connectivity index is 3.24. The third kappa shape index (κ3) is 4.47. The normalized spacial score (nSPS) is 12.4. The van der Waals surface area contributed by atoms with Crippen LogP contribution in [-0.2, 0) is 6.18 Å². The number of rotatable bonds is 6. The molecule has 0 aliphatic rings. The Morgan fingerprint density at radius 2 is 1.81 bits per heavy atom. The quantitative estimate of drug-likeness (QED) is 0.864. The summed E-state index contributed by atoms with van der Waals surface area (Å²) >= 11 is 0. The number of alkyl halides is 3. The zero-order valence-corrected chi connectivity index (χ0v) is 13.2. The van der Waals surface area contributed by atoms with Gasteiger partial charge in [0.25, 0.3) is 0 Å². The van der Waals surface area contributed by atoms with E-state index in [9.17, 15) is 13.2 Å². The molecule has 0 spiro atoms. The van der Waals surface area contributed by atoms with Gasteiger partial charge < -0.3 is 10.2 Å². The lowest BCUT2D eigenvalue weighted by Crippen LogP contribution is -2.41. The summed E-state index contributed by atoms with van der Waals surface area (Å²) in [6.45, 7) is 8.36. The Morgan fingerprint density at radius 3 is 2.29 bits per heavy atom. The van der Waals surface area contributed by atoms with Crippen molar-refractivity contribution in [1.29, 1.82) is 0 Å². The molecule has 0 aliphatic carbocycles. The van der Waals surface area contributed by atoms with E-state index in [1.54, 1.807) is 11.9 Å². The Kier molecular flexibility index (Phi) is 5.42. The SMILES string of the molecule is CCCNc1nc(N(C)C(C)(C)CC)cc(C(F)(F)F)n1. The van der Waals surface area contributed by atoms with E-state index in [4.69, 9.17) is 0 Å². The van der Waals surface area contributed by atoms with E-state index in [0.717, 1.165) is 18.9 Å². The van der Waals surface area contributed by atoms with E-state index in [2.05, 4.69) is 15.3 Å². The molecule has 1 N–H and O–H groups in total. The zero-order chi connectivity index (χ0) is 16.3. The van der Waals surface area contributed by atoms with E-state index in [1.165, 1.54) is 0 Å². The maximum absolute atomic E-state index is 13.0. The van der Waals surface area contributed by atoms with Crippen LogP contribution in [0.3, 0.4) is 0 Å². The molecule has 0 saturated carbocycles. The Morgan fingerprint density at radius 1 is 1.19 bits per heavy atom. The largest absolute Gasteiger partial charge is 0.433 e. The monoisotopic (exact) mass is 304 g/mol. The van der Waals surface area contributed by atoms with Crippen LogP contribution in [0.5, 0.6) is 0 Å². The lowest BCUT2D eigenvalue weighted by Gasteiger charge is -2.36. The van der Waals surface area contributed by atoms with Gasteiger partial charge in [-0.15, -0.1) is 0 Å². The van der Waals surface area contributed by atoms with Crippen molar-refractivity contribution in [1.82, 2.24) is 9.97 Å². The summed E-state index contributed by atoms with van der Waals surface area (Å²) < 4.78 is 38.9. The van der Waals surface area contributed by atoms with E-state index in [1.807, 2.05) is 27.7 Å². The lowest BCUT2D eigenvalue weighted by atomic mass is 10.00. The predicted molar refractivity (Wildman–Crippen MR) is 78.6 cm³/mol. The summed E-state index contributed by atoms with van der Waals surface area (Å²) in [6.07, 6.45) is -2.92. The van der Waals surface area contributed by atoms with E-state index < -0.39 is 11.9 Å². The van der Waals surface area contributed by atoms with E-state index in [-0.39, 0.29) is 17.3 Å². The first-order valence-electron chi connectivity index (χ1n) is 7.05.